The fourth-order valence-electron chi connectivity index (χ4n) is 1.16. The van der Waals surface area contributed by atoms with Crippen LogP contribution in [0, 0.1) is 11.7 Å². The summed E-state index contributed by atoms with van der Waals surface area (Å²) in [7, 11) is 0. The van der Waals surface area contributed by atoms with Crippen molar-refractivity contribution in [1.82, 2.24) is 5.32 Å². The minimum atomic E-state index is -0.423. The van der Waals surface area contributed by atoms with E-state index in [0.29, 0.717) is 10.6 Å². The largest absolute Gasteiger partial charge is 0.352 e. The van der Waals surface area contributed by atoms with E-state index in [1.165, 1.54) is 12.1 Å². The van der Waals surface area contributed by atoms with E-state index in [4.69, 9.17) is 17.3 Å². The van der Waals surface area contributed by atoms with Crippen LogP contribution in [-0.4, -0.2) is 12.5 Å². The number of nitrogens with one attached hydrogen (secondary N) is 1. The standard InChI is InChI=1S/C11H14ClFN2O.ClH/c1-7(5-14)11(16)15-6-8-9(12)3-2-4-10(8)13;/h2-4,7H,5-6,14H2,1H3,(H,15,16);1H. The van der Waals surface area contributed by atoms with Gasteiger partial charge in [-0.1, -0.05) is 24.6 Å². The summed E-state index contributed by atoms with van der Waals surface area (Å²) in [6, 6.07) is 4.41. The Balaban J connectivity index is 0.00000256. The molecule has 1 aromatic carbocycles. The van der Waals surface area contributed by atoms with Gasteiger partial charge >= 0.3 is 0 Å². The molecule has 1 unspecified atom stereocenters. The Morgan fingerprint density at radius 2 is 2.24 bits per heavy atom. The maximum atomic E-state index is 13.3. The minimum Gasteiger partial charge on any atom is -0.352 e. The molecule has 0 bridgehead atoms. The molecule has 1 rings (SSSR count). The van der Waals surface area contributed by atoms with Gasteiger partial charge in [0.2, 0.25) is 5.91 Å². The number of amides is 1. The molecule has 0 aromatic heterocycles. The second kappa shape index (κ2) is 7.48. The van der Waals surface area contributed by atoms with Gasteiger partial charge in [0.05, 0.1) is 0 Å². The van der Waals surface area contributed by atoms with E-state index in [1.807, 2.05) is 0 Å². The van der Waals surface area contributed by atoms with E-state index >= 15 is 0 Å². The zero-order valence-electron chi connectivity index (χ0n) is 9.37. The molecule has 17 heavy (non-hydrogen) atoms. The van der Waals surface area contributed by atoms with Crippen molar-refractivity contribution in [1.29, 1.82) is 0 Å². The average Bonchev–Trinajstić information content (AvgIpc) is 2.27. The molecule has 6 heteroatoms. The van der Waals surface area contributed by atoms with Gasteiger partial charge in [-0.3, -0.25) is 4.79 Å². The highest BCUT2D eigenvalue weighted by molar-refractivity contribution is 6.31. The Morgan fingerprint density at radius 3 is 2.76 bits per heavy atom. The Kier molecular flexibility index (Phi) is 7.11. The monoisotopic (exact) mass is 280 g/mol. The lowest BCUT2D eigenvalue weighted by molar-refractivity contribution is -0.124. The molecule has 3 nitrogen and oxygen atoms in total. The van der Waals surface area contributed by atoms with Crippen molar-refractivity contribution < 1.29 is 9.18 Å². The van der Waals surface area contributed by atoms with E-state index in [0.717, 1.165) is 0 Å². The Morgan fingerprint density at radius 1 is 1.59 bits per heavy atom. The summed E-state index contributed by atoms with van der Waals surface area (Å²) in [6.45, 7) is 2.05. The first-order chi connectivity index (χ1) is 7.56. The first kappa shape index (κ1) is 16.2. The van der Waals surface area contributed by atoms with Gasteiger partial charge in [0.1, 0.15) is 5.82 Å². The van der Waals surface area contributed by atoms with Crippen molar-refractivity contribution in [3.63, 3.8) is 0 Å². The molecule has 3 N–H and O–H groups in total. The van der Waals surface area contributed by atoms with Crippen LogP contribution < -0.4 is 11.1 Å². The van der Waals surface area contributed by atoms with E-state index in [-0.39, 0.29) is 37.3 Å². The molecule has 0 saturated heterocycles. The first-order valence-corrected chi connectivity index (χ1v) is 5.34. The molecule has 0 aliphatic rings. The molecule has 0 saturated carbocycles. The predicted molar refractivity (Wildman–Crippen MR) is 68.7 cm³/mol. The molecule has 1 atom stereocenters. The topological polar surface area (TPSA) is 55.1 Å². The molecule has 1 aromatic rings. The van der Waals surface area contributed by atoms with Crippen LogP contribution in [0.2, 0.25) is 5.02 Å². The van der Waals surface area contributed by atoms with Crippen LogP contribution in [0.25, 0.3) is 0 Å². The lowest BCUT2D eigenvalue weighted by Crippen LogP contribution is -2.33. The summed E-state index contributed by atoms with van der Waals surface area (Å²) in [5.41, 5.74) is 5.63. The van der Waals surface area contributed by atoms with Gasteiger partial charge in [-0.25, -0.2) is 4.39 Å². The third-order valence-corrected chi connectivity index (χ3v) is 2.66. The van der Waals surface area contributed by atoms with Crippen molar-refractivity contribution in [2.24, 2.45) is 11.7 Å². The number of nitrogens with two attached hydrogens (primary N) is 1. The number of benzene rings is 1. The van der Waals surface area contributed by atoms with Crippen LogP contribution >= 0.6 is 24.0 Å². The molecular weight excluding hydrogens is 266 g/mol. The molecule has 0 heterocycles. The molecule has 0 aliphatic heterocycles. The second-order valence-corrected chi connectivity index (χ2v) is 3.96. The summed E-state index contributed by atoms with van der Waals surface area (Å²) < 4.78 is 13.3. The highest BCUT2D eigenvalue weighted by Gasteiger charge is 2.12. The van der Waals surface area contributed by atoms with Gasteiger partial charge in [-0.05, 0) is 12.1 Å². The quantitative estimate of drug-likeness (QED) is 0.888. The van der Waals surface area contributed by atoms with Gasteiger partial charge in [0.15, 0.2) is 0 Å². The van der Waals surface area contributed by atoms with Crippen LogP contribution in [0.15, 0.2) is 18.2 Å². The fourth-order valence-corrected chi connectivity index (χ4v) is 1.39. The van der Waals surface area contributed by atoms with Crippen LogP contribution in [-0.2, 0) is 11.3 Å². The lowest BCUT2D eigenvalue weighted by atomic mass is 10.1. The first-order valence-electron chi connectivity index (χ1n) is 4.97. The maximum Gasteiger partial charge on any atom is 0.224 e. The molecule has 0 radical (unpaired) electrons. The summed E-state index contributed by atoms with van der Waals surface area (Å²) >= 11 is 5.81. The van der Waals surface area contributed by atoms with Gasteiger partial charge in [0.25, 0.3) is 0 Å². The molecule has 96 valence electrons. The Labute approximate surface area is 111 Å². The maximum absolute atomic E-state index is 13.3. The number of hydrogen-bond donors (Lipinski definition) is 2. The third-order valence-electron chi connectivity index (χ3n) is 2.30. The van der Waals surface area contributed by atoms with E-state index in [1.54, 1.807) is 13.0 Å². The van der Waals surface area contributed by atoms with E-state index in [9.17, 15) is 9.18 Å². The summed E-state index contributed by atoms with van der Waals surface area (Å²) in [5.74, 6) is -0.916. The van der Waals surface area contributed by atoms with Crippen molar-refractivity contribution in [3.05, 3.63) is 34.6 Å². The fraction of sp³-hybridized carbons (Fsp3) is 0.364. The number of rotatable bonds is 4. The average molecular weight is 281 g/mol. The van der Waals surface area contributed by atoms with Crippen LogP contribution in [0.4, 0.5) is 4.39 Å². The molecule has 0 spiro atoms. The minimum absolute atomic E-state index is 0. The zero-order valence-corrected chi connectivity index (χ0v) is 10.9. The van der Waals surface area contributed by atoms with Crippen molar-refractivity contribution in [2.75, 3.05) is 6.54 Å². The molecular formula is C11H15Cl2FN2O. The number of carbonyl (C=O) groups excluding carboxylic acids is 1. The highest BCUT2D eigenvalue weighted by atomic mass is 35.5. The predicted octanol–water partition coefficient (Wildman–Crippen LogP) is 2.11. The zero-order chi connectivity index (χ0) is 12.1. The lowest BCUT2D eigenvalue weighted by Gasteiger charge is -2.11. The molecule has 1 amide bonds. The van der Waals surface area contributed by atoms with Crippen molar-refractivity contribution >= 4 is 29.9 Å². The summed E-state index contributed by atoms with van der Waals surface area (Å²) in [6.07, 6.45) is 0. The third kappa shape index (κ3) is 4.50. The van der Waals surface area contributed by atoms with E-state index in [2.05, 4.69) is 5.32 Å². The SMILES string of the molecule is CC(CN)C(=O)NCc1c(F)cccc1Cl.Cl. The van der Waals surface area contributed by atoms with Crippen LogP contribution in [0.3, 0.4) is 0 Å². The van der Waals surface area contributed by atoms with Crippen molar-refractivity contribution in [2.45, 2.75) is 13.5 Å². The summed E-state index contributed by atoms with van der Waals surface area (Å²) in [5, 5.41) is 2.89. The van der Waals surface area contributed by atoms with Crippen molar-refractivity contribution in [3.8, 4) is 0 Å². The van der Waals surface area contributed by atoms with Crippen LogP contribution in [0.1, 0.15) is 12.5 Å². The second-order valence-electron chi connectivity index (χ2n) is 3.55. The molecule has 0 aliphatic carbocycles. The Bertz CT molecular complexity index is 367. The highest BCUT2D eigenvalue weighted by Crippen LogP contribution is 2.18. The normalized spacial score (nSPS) is 11.5. The number of carbonyl (C=O) groups is 1. The van der Waals surface area contributed by atoms with E-state index < -0.39 is 5.82 Å². The number of hydrogen-bond acceptors (Lipinski definition) is 2. The smallest absolute Gasteiger partial charge is 0.224 e. The molecule has 0 fully saturated rings. The van der Waals surface area contributed by atoms with Crippen LogP contribution in [0.5, 0.6) is 0 Å². The Hall–Kier alpha value is -0.840. The van der Waals surface area contributed by atoms with Gasteiger partial charge in [-0.2, -0.15) is 0 Å². The van der Waals surface area contributed by atoms with Gasteiger partial charge in [0, 0.05) is 29.6 Å². The summed E-state index contributed by atoms with van der Waals surface area (Å²) in [4.78, 5) is 11.4. The van der Waals surface area contributed by atoms with Gasteiger partial charge < -0.3 is 11.1 Å². The van der Waals surface area contributed by atoms with Gasteiger partial charge in [-0.15, -0.1) is 12.4 Å². The number of halogens is 3.